The fourth-order valence-electron chi connectivity index (χ4n) is 3.13. The molecule has 31 heavy (non-hydrogen) atoms. The van der Waals surface area contributed by atoms with Crippen LogP contribution in [-0.4, -0.2) is 60.0 Å². The predicted octanol–water partition coefficient (Wildman–Crippen LogP) is 3.52. The SMILES string of the molecule is CCc1nncn1CCNC(=NCC(C)C)N(C)Cc1cc(OC)c(OC)cc1C.I. The Labute approximate surface area is 203 Å². The van der Waals surface area contributed by atoms with Crippen LogP contribution >= 0.6 is 24.0 Å². The minimum absolute atomic E-state index is 0. The summed E-state index contributed by atoms with van der Waals surface area (Å²) in [5.74, 6) is 3.84. The number of rotatable bonds is 10. The van der Waals surface area contributed by atoms with E-state index in [0.717, 1.165) is 54.9 Å². The number of aromatic nitrogens is 3. The summed E-state index contributed by atoms with van der Waals surface area (Å²) in [6.07, 6.45) is 2.65. The van der Waals surface area contributed by atoms with Crippen LogP contribution in [0, 0.1) is 12.8 Å². The van der Waals surface area contributed by atoms with E-state index < -0.39 is 0 Å². The van der Waals surface area contributed by atoms with Gasteiger partial charge in [0, 0.05) is 39.6 Å². The maximum Gasteiger partial charge on any atom is 0.194 e. The number of methoxy groups -OCH3 is 2. The highest BCUT2D eigenvalue weighted by Gasteiger charge is 2.13. The molecule has 0 spiro atoms. The number of aryl methyl sites for hydroxylation is 2. The van der Waals surface area contributed by atoms with Gasteiger partial charge < -0.3 is 24.3 Å². The van der Waals surface area contributed by atoms with E-state index in [0.29, 0.717) is 12.5 Å². The van der Waals surface area contributed by atoms with E-state index >= 15 is 0 Å². The van der Waals surface area contributed by atoms with Crippen molar-refractivity contribution in [3.8, 4) is 11.5 Å². The van der Waals surface area contributed by atoms with Crippen molar-refractivity contribution in [3.63, 3.8) is 0 Å². The van der Waals surface area contributed by atoms with Crippen molar-refractivity contribution in [1.29, 1.82) is 0 Å². The van der Waals surface area contributed by atoms with Crippen molar-refractivity contribution in [2.75, 3.05) is 34.4 Å². The Morgan fingerprint density at radius 2 is 1.90 bits per heavy atom. The average molecular weight is 544 g/mol. The fraction of sp³-hybridized carbons (Fsp3) is 0.591. The van der Waals surface area contributed by atoms with Gasteiger partial charge in [0.1, 0.15) is 12.2 Å². The first-order valence-corrected chi connectivity index (χ1v) is 10.5. The summed E-state index contributed by atoms with van der Waals surface area (Å²) in [5.41, 5.74) is 2.32. The van der Waals surface area contributed by atoms with Gasteiger partial charge in [-0.2, -0.15) is 0 Å². The first-order valence-electron chi connectivity index (χ1n) is 10.5. The van der Waals surface area contributed by atoms with Gasteiger partial charge in [-0.3, -0.25) is 4.99 Å². The fourth-order valence-corrected chi connectivity index (χ4v) is 3.13. The largest absolute Gasteiger partial charge is 0.493 e. The molecule has 0 amide bonds. The molecule has 0 radical (unpaired) electrons. The molecule has 0 fully saturated rings. The molecule has 0 bridgehead atoms. The van der Waals surface area contributed by atoms with E-state index in [1.54, 1.807) is 20.5 Å². The monoisotopic (exact) mass is 544 g/mol. The van der Waals surface area contributed by atoms with Crippen LogP contribution in [0.25, 0.3) is 0 Å². The summed E-state index contributed by atoms with van der Waals surface area (Å²) >= 11 is 0. The molecule has 0 aliphatic carbocycles. The number of nitrogens with one attached hydrogen (secondary N) is 1. The maximum atomic E-state index is 5.48. The molecule has 0 saturated carbocycles. The van der Waals surface area contributed by atoms with Gasteiger partial charge in [0.15, 0.2) is 17.5 Å². The normalized spacial score (nSPS) is 11.3. The van der Waals surface area contributed by atoms with Crippen LogP contribution in [0.3, 0.4) is 0 Å². The summed E-state index contributed by atoms with van der Waals surface area (Å²) in [7, 11) is 5.37. The third kappa shape index (κ3) is 7.86. The van der Waals surface area contributed by atoms with Crippen LogP contribution < -0.4 is 14.8 Å². The lowest BCUT2D eigenvalue weighted by atomic mass is 10.1. The maximum absolute atomic E-state index is 5.48. The second-order valence-electron chi connectivity index (χ2n) is 7.77. The van der Waals surface area contributed by atoms with Gasteiger partial charge >= 0.3 is 0 Å². The average Bonchev–Trinajstić information content (AvgIpc) is 3.18. The standard InChI is InChI=1S/C22H36N6O2.HI/c1-8-21-26-25-15-28(21)10-9-23-22(24-13-16(2)3)27(5)14-18-12-20(30-7)19(29-6)11-17(18)4;/h11-12,15-16H,8-10,13-14H2,1-7H3,(H,23,24);1H. The minimum atomic E-state index is 0. The molecule has 0 aliphatic rings. The quantitative estimate of drug-likeness (QED) is 0.280. The molecule has 0 atom stereocenters. The Hall–Kier alpha value is -2.04. The van der Waals surface area contributed by atoms with E-state index in [9.17, 15) is 0 Å². The van der Waals surface area contributed by atoms with E-state index in [2.05, 4.69) is 59.7 Å². The van der Waals surface area contributed by atoms with Crippen LogP contribution in [0.2, 0.25) is 0 Å². The summed E-state index contributed by atoms with van der Waals surface area (Å²) in [4.78, 5) is 6.96. The Morgan fingerprint density at radius 3 is 2.52 bits per heavy atom. The second kappa shape index (κ2) is 13.4. The number of aliphatic imine (C=N–C) groups is 1. The molecule has 0 saturated heterocycles. The zero-order valence-electron chi connectivity index (χ0n) is 19.8. The zero-order chi connectivity index (χ0) is 22.1. The van der Waals surface area contributed by atoms with Gasteiger partial charge in [0.05, 0.1) is 14.2 Å². The minimum Gasteiger partial charge on any atom is -0.493 e. The molecule has 1 aromatic heterocycles. The highest BCUT2D eigenvalue weighted by atomic mass is 127. The van der Waals surface area contributed by atoms with Crippen molar-refractivity contribution in [2.24, 2.45) is 10.9 Å². The topological polar surface area (TPSA) is 76.8 Å². The highest BCUT2D eigenvalue weighted by molar-refractivity contribution is 14.0. The molecule has 174 valence electrons. The third-order valence-electron chi connectivity index (χ3n) is 4.87. The van der Waals surface area contributed by atoms with Gasteiger partial charge in [-0.15, -0.1) is 34.2 Å². The van der Waals surface area contributed by atoms with Crippen molar-refractivity contribution in [3.05, 3.63) is 35.4 Å². The number of nitrogens with zero attached hydrogens (tertiary/aromatic N) is 5. The molecule has 1 N–H and O–H groups in total. The summed E-state index contributed by atoms with van der Waals surface area (Å²) in [5, 5.41) is 11.6. The highest BCUT2D eigenvalue weighted by Crippen LogP contribution is 2.30. The number of guanidine groups is 1. The molecule has 8 nitrogen and oxygen atoms in total. The Bertz CT molecular complexity index is 837. The lowest BCUT2D eigenvalue weighted by Gasteiger charge is -2.24. The molecule has 2 rings (SSSR count). The number of benzene rings is 1. The van der Waals surface area contributed by atoms with E-state index in [-0.39, 0.29) is 24.0 Å². The van der Waals surface area contributed by atoms with Crippen molar-refractivity contribution < 1.29 is 9.47 Å². The molecule has 2 aromatic rings. The smallest absolute Gasteiger partial charge is 0.194 e. The number of halogens is 1. The molecule has 9 heteroatoms. The summed E-state index contributed by atoms with van der Waals surface area (Å²) in [6.45, 7) is 11.5. The van der Waals surface area contributed by atoms with E-state index in [4.69, 9.17) is 14.5 Å². The van der Waals surface area contributed by atoms with Crippen LogP contribution in [-0.2, 0) is 19.5 Å². The van der Waals surface area contributed by atoms with Crippen LogP contribution in [0.4, 0.5) is 0 Å². The van der Waals surface area contributed by atoms with E-state index in [1.165, 1.54) is 5.56 Å². The molecule has 1 heterocycles. The van der Waals surface area contributed by atoms with E-state index in [1.807, 2.05) is 12.1 Å². The van der Waals surface area contributed by atoms with Crippen molar-refractivity contribution in [1.82, 2.24) is 25.0 Å². The Morgan fingerprint density at radius 1 is 1.23 bits per heavy atom. The van der Waals surface area contributed by atoms with Gasteiger partial charge in [0.25, 0.3) is 0 Å². The summed E-state index contributed by atoms with van der Waals surface area (Å²) in [6, 6.07) is 4.05. The number of hydrogen-bond acceptors (Lipinski definition) is 5. The first kappa shape index (κ1) is 27.0. The lowest BCUT2D eigenvalue weighted by molar-refractivity contribution is 0.353. The lowest BCUT2D eigenvalue weighted by Crippen LogP contribution is -2.40. The van der Waals surface area contributed by atoms with Gasteiger partial charge in [-0.25, -0.2) is 0 Å². The summed E-state index contributed by atoms with van der Waals surface area (Å²) < 4.78 is 13.0. The Balaban J connectivity index is 0.00000480. The van der Waals surface area contributed by atoms with Crippen LogP contribution in [0.5, 0.6) is 11.5 Å². The van der Waals surface area contributed by atoms with Crippen molar-refractivity contribution >= 4 is 29.9 Å². The molecular weight excluding hydrogens is 507 g/mol. The molecule has 0 unspecified atom stereocenters. The van der Waals surface area contributed by atoms with Gasteiger partial charge in [0.2, 0.25) is 0 Å². The van der Waals surface area contributed by atoms with Gasteiger partial charge in [-0.1, -0.05) is 20.8 Å². The molecule has 1 aromatic carbocycles. The third-order valence-corrected chi connectivity index (χ3v) is 4.87. The van der Waals surface area contributed by atoms with Gasteiger partial charge in [-0.05, 0) is 36.1 Å². The Kier molecular flexibility index (Phi) is 11.7. The first-order chi connectivity index (χ1) is 14.4. The van der Waals surface area contributed by atoms with Crippen LogP contribution in [0.1, 0.15) is 37.7 Å². The molecular formula is C22H37IN6O2. The number of hydrogen-bond donors (Lipinski definition) is 1. The second-order valence-corrected chi connectivity index (χ2v) is 7.77. The number of ether oxygens (including phenoxy) is 2. The van der Waals surface area contributed by atoms with Crippen molar-refractivity contribution in [2.45, 2.75) is 47.2 Å². The van der Waals surface area contributed by atoms with Crippen LogP contribution in [0.15, 0.2) is 23.5 Å². The zero-order valence-corrected chi connectivity index (χ0v) is 22.1. The predicted molar refractivity (Wildman–Crippen MR) is 136 cm³/mol. The molecule has 0 aliphatic heterocycles.